The molecule has 1 saturated heterocycles. The topological polar surface area (TPSA) is 40.6 Å². The number of nitrogens with zero attached hydrogens (tertiary/aromatic N) is 2. The Labute approximate surface area is 131 Å². The molecule has 1 aromatic rings. The lowest BCUT2D eigenvalue weighted by atomic mass is 10.0. The van der Waals surface area contributed by atoms with Gasteiger partial charge < -0.3 is 0 Å². The maximum atomic E-state index is 12.8. The smallest absolute Gasteiger partial charge is 0.195 e. The van der Waals surface area contributed by atoms with Gasteiger partial charge in [-0.1, -0.05) is 24.3 Å². The predicted octanol–water partition coefficient (Wildman–Crippen LogP) is 2.24. The summed E-state index contributed by atoms with van der Waals surface area (Å²) in [6.07, 6.45) is 2.54. The summed E-state index contributed by atoms with van der Waals surface area (Å²) in [4.78, 5) is 0. The number of halogens is 1. The van der Waals surface area contributed by atoms with Crippen LogP contribution in [0.15, 0.2) is 24.3 Å². The lowest BCUT2D eigenvalue weighted by molar-refractivity contribution is 0.261. The molecule has 0 N–H and O–H groups in total. The molecule has 2 aliphatic rings. The summed E-state index contributed by atoms with van der Waals surface area (Å²) < 4.78 is 28.8. The van der Waals surface area contributed by atoms with Crippen LogP contribution in [0.1, 0.15) is 24.0 Å². The number of alkyl halides is 1. The first kappa shape index (κ1) is 15.3. The molecule has 4 nitrogen and oxygen atoms in total. The van der Waals surface area contributed by atoms with Crippen LogP contribution in [0.25, 0.3) is 0 Å². The maximum absolute atomic E-state index is 12.8. The number of piperidine rings is 1. The molecule has 2 heterocycles. The van der Waals surface area contributed by atoms with E-state index in [1.54, 1.807) is 8.61 Å². The number of hydrogen-bond donors (Lipinski definition) is 0. The van der Waals surface area contributed by atoms with Crippen molar-refractivity contribution in [3.63, 3.8) is 0 Å². The Hall–Kier alpha value is -0.620. The fraction of sp³-hybridized carbons (Fsp3) is 0.600. The van der Waals surface area contributed by atoms with Crippen LogP contribution in [0.2, 0.25) is 0 Å². The van der Waals surface area contributed by atoms with Crippen molar-refractivity contribution < 1.29 is 8.42 Å². The zero-order valence-electron chi connectivity index (χ0n) is 12.0. The van der Waals surface area contributed by atoms with Crippen LogP contribution in [0.4, 0.5) is 0 Å². The van der Waals surface area contributed by atoms with E-state index in [-0.39, 0.29) is 0 Å². The highest BCUT2D eigenvalue weighted by molar-refractivity contribution is 7.86. The third-order valence-electron chi connectivity index (χ3n) is 4.54. The fourth-order valence-corrected chi connectivity index (χ4v) is 5.06. The molecule has 0 radical (unpaired) electrons. The third kappa shape index (κ3) is 3.11. The number of hydrogen-bond acceptors (Lipinski definition) is 2. The first-order valence-corrected chi connectivity index (χ1v) is 9.42. The summed E-state index contributed by atoms with van der Waals surface area (Å²) in [6, 6.07) is 8.10. The third-order valence-corrected chi connectivity index (χ3v) is 6.96. The molecule has 0 amide bonds. The van der Waals surface area contributed by atoms with Crippen LogP contribution in [0, 0.1) is 5.92 Å². The Balaban J connectivity index is 1.72. The molecule has 2 aliphatic heterocycles. The largest absolute Gasteiger partial charge is 0.282 e. The van der Waals surface area contributed by atoms with Gasteiger partial charge in [0.25, 0.3) is 10.2 Å². The summed E-state index contributed by atoms with van der Waals surface area (Å²) >= 11 is 5.87. The van der Waals surface area contributed by atoms with Gasteiger partial charge in [0.05, 0.1) is 0 Å². The Morgan fingerprint density at radius 1 is 1.05 bits per heavy atom. The molecule has 0 bridgehead atoms. The van der Waals surface area contributed by atoms with E-state index < -0.39 is 10.2 Å². The van der Waals surface area contributed by atoms with Crippen molar-refractivity contribution in [2.24, 2.45) is 5.92 Å². The van der Waals surface area contributed by atoms with E-state index >= 15 is 0 Å². The summed E-state index contributed by atoms with van der Waals surface area (Å²) in [5.41, 5.74) is 2.40. The maximum Gasteiger partial charge on any atom is 0.282 e. The van der Waals surface area contributed by atoms with Gasteiger partial charge in [-0.2, -0.15) is 17.0 Å². The average molecular weight is 329 g/mol. The van der Waals surface area contributed by atoms with Crippen LogP contribution in [0.5, 0.6) is 0 Å². The van der Waals surface area contributed by atoms with Gasteiger partial charge in [-0.25, -0.2) is 0 Å². The fourth-order valence-electron chi connectivity index (χ4n) is 3.12. The number of benzene rings is 1. The molecule has 0 saturated carbocycles. The Bertz CT molecular complexity index is 597. The minimum Gasteiger partial charge on any atom is -0.195 e. The van der Waals surface area contributed by atoms with Crippen LogP contribution in [0.3, 0.4) is 0 Å². The molecule has 3 rings (SSSR count). The van der Waals surface area contributed by atoms with Crippen molar-refractivity contribution in [2.75, 3.05) is 25.5 Å². The molecule has 0 spiro atoms. The standard InChI is InChI=1S/C15H21ClN2O2S/c16-11-13-5-8-17(9-6-13)21(19,20)18-10-7-14-3-1-2-4-15(14)12-18/h1-4,13H,5-12H2. The van der Waals surface area contributed by atoms with Crippen molar-refractivity contribution in [3.8, 4) is 0 Å². The molecule has 0 unspecified atom stereocenters. The minimum absolute atomic E-state index is 0.459. The summed E-state index contributed by atoms with van der Waals surface area (Å²) in [7, 11) is -3.34. The second kappa shape index (κ2) is 6.24. The molecular formula is C15H21ClN2O2S. The van der Waals surface area contributed by atoms with Crippen molar-refractivity contribution >= 4 is 21.8 Å². The monoisotopic (exact) mass is 328 g/mol. The second-order valence-corrected chi connectivity index (χ2v) is 8.09. The molecule has 6 heteroatoms. The van der Waals surface area contributed by atoms with E-state index in [1.165, 1.54) is 5.56 Å². The quantitative estimate of drug-likeness (QED) is 0.798. The minimum atomic E-state index is -3.34. The first-order valence-electron chi connectivity index (χ1n) is 7.49. The molecular weight excluding hydrogens is 308 g/mol. The van der Waals surface area contributed by atoms with E-state index in [1.807, 2.05) is 18.2 Å². The van der Waals surface area contributed by atoms with Gasteiger partial charge in [-0.15, -0.1) is 11.6 Å². The van der Waals surface area contributed by atoms with Gasteiger partial charge in [0.2, 0.25) is 0 Å². The zero-order valence-corrected chi connectivity index (χ0v) is 13.6. The van der Waals surface area contributed by atoms with E-state index in [0.29, 0.717) is 38.0 Å². The normalized spacial score (nSPS) is 22.1. The molecule has 0 aliphatic carbocycles. The van der Waals surface area contributed by atoms with Crippen LogP contribution >= 0.6 is 11.6 Å². The van der Waals surface area contributed by atoms with Crippen molar-refractivity contribution in [2.45, 2.75) is 25.8 Å². The van der Waals surface area contributed by atoms with Gasteiger partial charge in [-0.05, 0) is 36.3 Å². The Morgan fingerprint density at radius 2 is 1.71 bits per heavy atom. The van der Waals surface area contributed by atoms with E-state index in [4.69, 9.17) is 11.6 Å². The second-order valence-electron chi connectivity index (χ2n) is 5.86. The highest BCUT2D eigenvalue weighted by atomic mass is 35.5. The van der Waals surface area contributed by atoms with Gasteiger partial charge in [0.1, 0.15) is 0 Å². The SMILES string of the molecule is O=S(=O)(N1CCC(CCl)CC1)N1CCc2ccccc2C1. The van der Waals surface area contributed by atoms with E-state index in [2.05, 4.69) is 6.07 Å². The number of fused-ring (bicyclic) bond motifs is 1. The van der Waals surface area contributed by atoms with Gasteiger partial charge in [0, 0.05) is 32.1 Å². The molecule has 0 atom stereocenters. The average Bonchev–Trinajstić information content (AvgIpc) is 2.54. The molecule has 116 valence electrons. The highest BCUT2D eigenvalue weighted by Gasteiger charge is 2.34. The highest BCUT2D eigenvalue weighted by Crippen LogP contribution is 2.26. The van der Waals surface area contributed by atoms with E-state index in [0.717, 1.165) is 24.8 Å². The van der Waals surface area contributed by atoms with Crippen molar-refractivity contribution in [3.05, 3.63) is 35.4 Å². The summed E-state index contributed by atoms with van der Waals surface area (Å²) in [5.74, 6) is 1.09. The van der Waals surface area contributed by atoms with Gasteiger partial charge in [0.15, 0.2) is 0 Å². The van der Waals surface area contributed by atoms with Gasteiger partial charge in [-0.3, -0.25) is 0 Å². The predicted molar refractivity (Wildman–Crippen MR) is 84.5 cm³/mol. The summed E-state index contributed by atoms with van der Waals surface area (Å²) in [6.45, 7) is 2.26. The lowest BCUT2D eigenvalue weighted by Gasteiger charge is -2.36. The van der Waals surface area contributed by atoms with Crippen LogP contribution in [-0.2, 0) is 23.2 Å². The molecule has 1 fully saturated rings. The Morgan fingerprint density at radius 3 is 2.38 bits per heavy atom. The van der Waals surface area contributed by atoms with Gasteiger partial charge >= 0.3 is 0 Å². The van der Waals surface area contributed by atoms with Crippen LogP contribution in [-0.4, -0.2) is 42.5 Å². The lowest BCUT2D eigenvalue weighted by Crippen LogP contribution is -2.48. The zero-order chi connectivity index (χ0) is 14.9. The number of rotatable bonds is 3. The van der Waals surface area contributed by atoms with Crippen molar-refractivity contribution in [1.82, 2.24) is 8.61 Å². The first-order chi connectivity index (χ1) is 10.1. The Kier molecular flexibility index (Phi) is 4.54. The van der Waals surface area contributed by atoms with E-state index in [9.17, 15) is 8.42 Å². The van der Waals surface area contributed by atoms with Crippen molar-refractivity contribution in [1.29, 1.82) is 0 Å². The molecule has 1 aromatic carbocycles. The summed E-state index contributed by atoms with van der Waals surface area (Å²) in [5, 5.41) is 0. The molecule has 0 aromatic heterocycles. The van der Waals surface area contributed by atoms with Crippen LogP contribution < -0.4 is 0 Å². The molecule has 21 heavy (non-hydrogen) atoms.